The van der Waals surface area contributed by atoms with Gasteiger partial charge in [0.15, 0.2) is 6.61 Å². The SMILES string of the molecule is COCCCNC(=O)COc1ccc(C(=O)O)c(N)c1. The summed E-state index contributed by atoms with van der Waals surface area (Å²) in [5, 5.41) is 11.5. The Hall–Kier alpha value is -2.28. The average molecular weight is 282 g/mol. The Bertz CT molecular complexity index is 476. The van der Waals surface area contributed by atoms with Crippen LogP contribution in [0.5, 0.6) is 5.75 Å². The van der Waals surface area contributed by atoms with Gasteiger partial charge in [0.2, 0.25) is 0 Å². The summed E-state index contributed by atoms with van der Waals surface area (Å²) >= 11 is 0. The van der Waals surface area contributed by atoms with Crippen LogP contribution in [0.3, 0.4) is 0 Å². The first kappa shape index (κ1) is 15.8. The summed E-state index contributed by atoms with van der Waals surface area (Å²) < 4.78 is 10.1. The molecule has 0 bridgehead atoms. The van der Waals surface area contributed by atoms with E-state index in [2.05, 4.69) is 5.32 Å². The van der Waals surface area contributed by atoms with Crippen LogP contribution in [0.25, 0.3) is 0 Å². The third-order valence-corrected chi connectivity index (χ3v) is 2.47. The number of benzene rings is 1. The van der Waals surface area contributed by atoms with E-state index in [1.807, 2.05) is 0 Å². The summed E-state index contributed by atoms with van der Waals surface area (Å²) in [6, 6.07) is 4.17. The van der Waals surface area contributed by atoms with E-state index < -0.39 is 5.97 Å². The van der Waals surface area contributed by atoms with Crippen LogP contribution < -0.4 is 15.8 Å². The molecule has 0 fully saturated rings. The zero-order valence-corrected chi connectivity index (χ0v) is 11.2. The third-order valence-electron chi connectivity index (χ3n) is 2.47. The van der Waals surface area contributed by atoms with Gasteiger partial charge in [0.1, 0.15) is 5.75 Å². The van der Waals surface area contributed by atoms with Crippen molar-refractivity contribution in [2.24, 2.45) is 0 Å². The third kappa shape index (κ3) is 5.15. The van der Waals surface area contributed by atoms with E-state index in [9.17, 15) is 9.59 Å². The molecule has 0 heterocycles. The number of aromatic carboxylic acids is 1. The Morgan fingerprint density at radius 3 is 2.75 bits per heavy atom. The summed E-state index contributed by atoms with van der Waals surface area (Å²) in [4.78, 5) is 22.2. The van der Waals surface area contributed by atoms with Crippen molar-refractivity contribution in [1.82, 2.24) is 5.32 Å². The lowest BCUT2D eigenvalue weighted by Gasteiger charge is -2.08. The lowest BCUT2D eigenvalue weighted by atomic mass is 10.2. The molecule has 1 rings (SSSR count). The smallest absolute Gasteiger partial charge is 0.337 e. The first-order valence-electron chi connectivity index (χ1n) is 6.06. The molecule has 0 aliphatic carbocycles. The standard InChI is InChI=1S/C13H18N2O5/c1-19-6-2-5-15-12(16)8-20-9-3-4-10(13(17)18)11(14)7-9/h3-4,7H,2,5-6,8,14H2,1H3,(H,15,16)(H,17,18). The van der Waals surface area contributed by atoms with Crippen molar-refractivity contribution in [3.05, 3.63) is 23.8 Å². The molecule has 1 amide bonds. The van der Waals surface area contributed by atoms with Crippen LogP contribution in [0.4, 0.5) is 5.69 Å². The monoisotopic (exact) mass is 282 g/mol. The van der Waals surface area contributed by atoms with Crippen molar-refractivity contribution in [3.8, 4) is 5.75 Å². The number of nitrogen functional groups attached to an aromatic ring is 1. The number of nitrogens with two attached hydrogens (primary N) is 1. The fourth-order valence-corrected chi connectivity index (χ4v) is 1.47. The van der Waals surface area contributed by atoms with Crippen LogP contribution in [-0.4, -0.2) is 43.9 Å². The van der Waals surface area contributed by atoms with E-state index in [0.717, 1.165) is 6.42 Å². The number of carboxylic acids is 1. The fraction of sp³-hybridized carbons (Fsp3) is 0.385. The number of carboxylic acid groups (broad SMARTS) is 1. The molecule has 0 unspecified atom stereocenters. The van der Waals surface area contributed by atoms with E-state index >= 15 is 0 Å². The molecule has 1 aromatic rings. The quantitative estimate of drug-likeness (QED) is 0.473. The predicted octanol–water partition coefficient (Wildman–Crippen LogP) is 0.498. The summed E-state index contributed by atoms with van der Waals surface area (Å²) in [6.45, 7) is 0.934. The molecule has 1 aromatic carbocycles. The molecule has 0 saturated carbocycles. The molecule has 0 saturated heterocycles. The second kappa shape index (κ2) is 8.00. The summed E-state index contributed by atoms with van der Waals surface area (Å²) in [5.41, 5.74) is 5.66. The minimum atomic E-state index is -1.11. The second-order valence-corrected chi connectivity index (χ2v) is 4.04. The highest BCUT2D eigenvalue weighted by molar-refractivity contribution is 5.93. The first-order valence-corrected chi connectivity index (χ1v) is 6.06. The molecule has 0 aliphatic heterocycles. The maximum Gasteiger partial charge on any atom is 0.337 e. The predicted molar refractivity (Wildman–Crippen MR) is 72.8 cm³/mol. The van der Waals surface area contributed by atoms with Crippen molar-refractivity contribution in [2.45, 2.75) is 6.42 Å². The number of rotatable bonds is 8. The normalized spacial score (nSPS) is 10.1. The maximum absolute atomic E-state index is 11.4. The maximum atomic E-state index is 11.4. The number of methoxy groups -OCH3 is 1. The second-order valence-electron chi connectivity index (χ2n) is 4.04. The molecule has 20 heavy (non-hydrogen) atoms. The van der Waals surface area contributed by atoms with Crippen LogP contribution in [0.15, 0.2) is 18.2 Å². The fourth-order valence-electron chi connectivity index (χ4n) is 1.47. The molecular weight excluding hydrogens is 264 g/mol. The van der Waals surface area contributed by atoms with Crippen molar-refractivity contribution in [3.63, 3.8) is 0 Å². The van der Waals surface area contributed by atoms with Gasteiger partial charge >= 0.3 is 5.97 Å². The van der Waals surface area contributed by atoms with E-state index in [-0.39, 0.29) is 23.8 Å². The zero-order valence-electron chi connectivity index (χ0n) is 11.2. The van der Waals surface area contributed by atoms with Gasteiger partial charge in [0.05, 0.1) is 5.56 Å². The minimum Gasteiger partial charge on any atom is -0.484 e. The van der Waals surface area contributed by atoms with Gasteiger partial charge in [0.25, 0.3) is 5.91 Å². The Balaban J connectivity index is 2.40. The number of hydrogen-bond donors (Lipinski definition) is 3. The van der Waals surface area contributed by atoms with Crippen molar-refractivity contribution in [1.29, 1.82) is 0 Å². The van der Waals surface area contributed by atoms with Crippen molar-refractivity contribution in [2.75, 3.05) is 32.6 Å². The summed E-state index contributed by atoms with van der Waals surface area (Å²) in [6.07, 6.45) is 0.725. The van der Waals surface area contributed by atoms with Gasteiger partial charge in [-0.3, -0.25) is 4.79 Å². The van der Waals surface area contributed by atoms with E-state index in [1.165, 1.54) is 18.2 Å². The van der Waals surface area contributed by atoms with Gasteiger partial charge in [-0.2, -0.15) is 0 Å². The van der Waals surface area contributed by atoms with Gasteiger partial charge in [-0.25, -0.2) is 4.79 Å². The number of carbonyl (C=O) groups excluding carboxylic acids is 1. The van der Waals surface area contributed by atoms with E-state index in [1.54, 1.807) is 7.11 Å². The molecule has 110 valence electrons. The highest BCUT2D eigenvalue weighted by Crippen LogP contribution is 2.19. The largest absolute Gasteiger partial charge is 0.484 e. The van der Waals surface area contributed by atoms with Crippen LogP contribution in [0, 0.1) is 0 Å². The topological polar surface area (TPSA) is 111 Å². The number of hydrogen-bond acceptors (Lipinski definition) is 5. The molecule has 0 aromatic heterocycles. The van der Waals surface area contributed by atoms with Gasteiger partial charge in [0, 0.05) is 32.0 Å². The van der Waals surface area contributed by atoms with Gasteiger partial charge < -0.3 is 25.6 Å². The number of anilines is 1. The van der Waals surface area contributed by atoms with E-state index in [0.29, 0.717) is 18.9 Å². The first-order chi connectivity index (χ1) is 9.54. The Morgan fingerprint density at radius 1 is 1.40 bits per heavy atom. The number of ether oxygens (including phenoxy) is 2. The lowest BCUT2D eigenvalue weighted by Crippen LogP contribution is -2.30. The number of nitrogens with one attached hydrogen (secondary N) is 1. The summed E-state index contributed by atoms with van der Waals surface area (Å²) in [7, 11) is 1.59. The highest BCUT2D eigenvalue weighted by atomic mass is 16.5. The zero-order chi connectivity index (χ0) is 15.0. The van der Waals surface area contributed by atoms with Crippen molar-refractivity contribution < 1.29 is 24.2 Å². The molecule has 4 N–H and O–H groups in total. The molecule has 0 atom stereocenters. The number of carbonyl (C=O) groups is 2. The number of amides is 1. The lowest BCUT2D eigenvalue weighted by molar-refractivity contribution is -0.123. The van der Waals surface area contributed by atoms with Gasteiger partial charge in [-0.1, -0.05) is 0 Å². The molecule has 0 radical (unpaired) electrons. The Kier molecular flexibility index (Phi) is 6.31. The van der Waals surface area contributed by atoms with Crippen molar-refractivity contribution >= 4 is 17.6 Å². The average Bonchev–Trinajstić information content (AvgIpc) is 2.41. The molecule has 7 nitrogen and oxygen atoms in total. The van der Waals surface area contributed by atoms with Gasteiger partial charge in [-0.15, -0.1) is 0 Å². The van der Waals surface area contributed by atoms with Crippen LogP contribution in [-0.2, 0) is 9.53 Å². The molecule has 0 spiro atoms. The van der Waals surface area contributed by atoms with Crippen LogP contribution in [0.1, 0.15) is 16.8 Å². The highest BCUT2D eigenvalue weighted by Gasteiger charge is 2.09. The molecular formula is C13H18N2O5. The Labute approximate surface area is 116 Å². The van der Waals surface area contributed by atoms with Gasteiger partial charge in [-0.05, 0) is 18.6 Å². The van der Waals surface area contributed by atoms with E-state index in [4.69, 9.17) is 20.3 Å². The summed E-state index contributed by atoms with van der Waals surface area (Å²) in [5.74, 6) is -1.02. The molecule has 0 aliphatic rings. The van der Waals surface area contributed by atoms with Crippen LogP contribution >= 0.6 is 0 Å². The minimum absolute atomic E-state index is 0.00127. The molecule has 7 heteroatoms. The van der Waals surface area contributed by atoms with Crippen LogP contribution in [0.2, 0.25) is 0 Å². The Morgan fingerprint density at radius 2 is 2.15 bits per heavy atom.